The number of amides is 4. The van der Waals surface area contributed by atoms with Gasteiger partial charge in [-0.2, -0.15) is 0 Å². The summed E-state index contributed by atoms with van der Waals surface area (Å²) in [6.45, 7) is 0.262. The molecular weight excluding hydrogens is 523 g/mol. The molecule has 0 saturated carbocycles. The van der Waals surface area contributed by atoms with E-state index in [1.54, 1.807) is 72.8 Å². The SMILES string of the molecule is O=C1C(=Cc2cc(Cl)c(OCc3ccccc3)c(Cl)c2)C(=O)N(c2ccccc2)C(=O)N1c1ccccc1. The first-order chi connectivity index (χ1) is 18.4. The molecule has 0 N–H and O–H groups in total. The lowest BCUT2D eigenvalue weighted by Gasteiger charge is -2.33. The number of para-hydroxylation sites is 2. The van der Waals surface area contributed by atoms with Crippen molar-refractivity contribution < 1.29 is 19.1 Å². The van der Waals surface area contributed by atoms with Crippen LogP contribution < -0.4 is 14.5 Å². The third-order valence-corrected chi connectivity index (χ3v) is 6.40. The van der Waals surface area contributed by atoms with E-state index in [2.05, 4.69) is 0 Å². The first-order valence-electron chi connectivity index (χ1n) is 11.6. The average Bonchev–Trinajstić information content (AvgIpc) is 2.92. The number of carbonyl (C=O) groups is 3. The number of benzene rings is 4. The highest BCUT2D eigenvalue weighted by atomic mass is 35.5. The minimum absolute atomic E-state index is 0.215. The molecule has 1 heterocycles. The summed E-state index contributed by atoms with van der Waals surface area (Å²) in [7, 11) is 0. The van der Waals surface area contributed by atoms with Crippen molar-refractivity contribution in [1.29, 1.82) is 0 Å². The quantitative estimate of drug-likeness (QED) is 0.191. The van der Waals surface area contributed by atoms with Crippen molar-refractivity contribution in [1.82, 2.24) is 0 Å². The van der Waals surface area contributed by atoms with Gasteiger partial charge in [0.05, 0.1) is 21.4 Å². The minimum Gasteiger partial charge on any atom is -0.486 e. The van der Waals surface area contributed by atoms with Crippen LogP contribution in [0.3, 0.4) is 0 Å². The second-order valence-electron chi connectivity index (χ2n) is 8.38. The number of hydrogen-bond donors (Lipinski definition) is 0. The van der Waals surface area contributed by atoms with Crippen molar-refractivity contribution >= 4 is 58.5 Å². The molecule has 8 heteroatoms. The zero-order valence-electron chi connectivity index (χ0n) is 19.9. The molecular formula is C30H20Cl2N2O4. The number of anilines is 2. The van der Waals surface area contributed by atoms with Crippen molar-refractivity contribution in [2.24, 2.45) is 0 Å². The van der Waals surface area contributed by atoms with Crippen LogP contribution in [0, 0.1) is 0 Å². The van der Waals surface area contributed by atoms with Crippen molar-refractivity contribution in [2.45, 2.75) is 6.61 Å². The number of imide groups is 2. The maximum Gasteiger partial charge on any atom is 0.343 e. The van der Waals surface area contributed by atoms with Gasteiger partial charge in [0.1, 0.15) is 12.2 Å². The Morgan fingerprint density at radius 2 is 1.11 bits per heavy atom. The summed E-state index contributed by atoms with van der Waals surface area (Å²) in [5, 5.41) is 0.429. The summed E-state index contributed by atoms with van der Waals surface area (Å²) in [6, 6.07) is 28.7. The third kappa shape index (κ3) is 5.05. The molecule has 6 nitrogen and oxygen atoms in total. The molecule has 1 saturated heterocycles. The molecule has 5 rings (SSSR count). The van der Waals surface area contributed by atoms with Gasteiger partial charge in [-0.1, -0.05) is 89.9 Å². The number of hydrogen-bond acceptors (Lipinski definition) is 4. The van der Waals surface area contributed by atoms with E-state index in [-0.39, 0.29) is 28.0 Å². The fourth-order valence-electron chi connectivity index (χ4n) is 4.04. The molecule has 4 aromatic carbocycles. The predicted molar refractivity (Wildman–Crippen MR) is 148 cm³/mol. The normalized spacial score (nSPS) is 13.6. The van der Waals surface area contributed by atoms with Crippen LogP contribution in [0.25, 0.3) is 6.08 Å². The second-order valence-corrected chi connectivity index (χ2v) is 9.20. The maximum atomic E-state index is 13.5. The second kappa shape index (κ2) is 10.9. The highest BCUT2D eigenvalue weighted by Crippen LogP contribution is 2.36. The van der Waals surface area contributed by atoms with Gasteiger partial charge in [-0.3, -0.25) is 9.59 Å². The van der Waals surface area contributed by atoms with E-state index < -0.39 is 17.8 Å². The van der Waals surface area contributed by atoms with Gasteiger partial charge in [-0.25, -0.2) is 14.6 Å². The Labute approximate surface area is 229 Å². The first kappa shape index (κ1) is 25.3. The van der Waals surface area contributed by atoms with Crippen LogP contribution in [0.1, 0.15) is 11.1 Å². The third-order valence-electron chi connectivity index (χ3n) is 5.84. The van der Waals surface area contributed by atoms with Crippen molar-refractivity contribution in [2.75, 3.05) is 9.80 Å². The number of carbonyl (C=O) groups excluding carboxylic acids is 3. The van der Waals surface area contributed by atoms with Crippen molar-refractivity contribution in [3.63, 3.8) is 0 Å². The zero-order chi connectivity index (χ0) is 26.6. The maximum absolute atomic E-state index is 13.5. The van der Waals surface area contributed by atoms with Crippen LogP contribution in [-0.2, 0) is 16.2 Å². The number of ether oxygens (including phenoxy) is 1. The Morgan fingerprint density at radius 1 is 0.658 bits per heavy atom. The molecule has 0 atom stereocenters. The number of urea groups is 1. The fourth-order valence-corrected chi connectivity index (χ4v) is 4.65. The molecule has 0 unspecified atom stereocenters. The monoisotopic (exact) mass is 542 g/mol. The summed E-state index contributed by atoms with van der Waals surface area (Å²) < 4.78 is 5.83. The molecule has 1 aliphatic rings. The lowest BCUT2D eigenvalue weighted by Crippen LogP contribution is -2.57. The van der Waals surface area contributed by atoms with Gasteiger partial charge >= 0.3 is 6.03 Å². The van der Waals surface area contributed by atoms with Crippen LogP contribution in [0.5, 0.6) is 5.75 Å². The number of halogens is 2. The molecule has 0 spiro atoms. The van der Waals surface area contributed by atoms with E-state index >= 15 is 0 Å². The Hall–Kier alpha value is -4.39. The van der Waals surface area contributed by atoms with Gasteiger partial charge in [0, 0.05) is 0 Å². The summed E-state index contributed by atoms with van der Waals surface area (Å²) in [6.07, 6.45) is 1.38. The largest absolute Gasteiger partial charge is 0.486 e. The molecule has 0 aromatic heterocycles. The molecule has 1 fully saturated rings. The van der Waals surface area contributed by atoms with Crippen LogP contribution in [0.4, 0.5) is 16.2 Å². The van der Waals surface area contributed by atoms with Gasteiger partial charge < -0.3 is 4.74 Å². The minimum atomic E-state index is -0.768. The van der Waals surface area contributed by atoms with Gasteiger partial charge in [-0.15, -0.1) is 0 Å². The molecule has 1 aliphatic heterocycles. The highest BCUT2D eigenvalue weighted by Gasteiger charge is 2.43. The van der Waals surface area contributed by atoms with Gasteiger partial charge in [-0.05, 0) is 53.6 Å². The molecule has 38 heavy (non-hydrogen) atoms. The van der Waals surface area contributed by atoms with E-state index in [1.807, 2.05) is 30.3 Å². The van der Waals surface area contributed by atoms with Crippen LogP contribution in [0.15, 0.2) is 109 Å². The van der Waals surface area contributed by atoms with E-state index in [4.69, 9.17) is 27.9 Å². The summed E-state index contributed by atoms with van der Waals surface area (Å²) in [5.41, 5.74) is 1.79. The molecule has 188 valence electrons. The van der Waals surface area contributed by atoms with E-state index in [0.717, 1.165) is 15.4 Å². The summed E-state index contributed by atoms with van der Waals surface area (Å²) in [4.78, 5) is 42.4. The molecule has 0 aliphatic carbocycles. The lowest BCUT2D eigenvalue weighted by molar-refractivity contribution is -0.121. The Morgan fingerprint density at radius 3 is 1.58 bits per heavy atom. The van der Waals surface area contributed by atoms with Crippen molar-refractivity contribution in [3.05, 3.63) is 130 Å². The summed E-state index contributed by atoms with van der Waals surface area (Å²) in [5.74, 6) is -1.22. The molecule has 4 amide bonds. The van der Waals surface area contributed by atoms with Gasteiger partial charge in [0.25, 0.3) is 11.8 Å². The van der Waals surface area contributed by atoms with Crippen molar-refractivity contribution in [3.8, 4) is 5.75 Å². The predicted octanol–water partition coefficient (Wildman–Crippen LogP) is 7.16. The summed E-state index contributed by atoms with van der Waals surface area (Å²) >= 11 is 13.0. The topological polar surface area (TPSA) is 66.9 Å². The number of rotatable bonds is 6. The average molecular weight is 543 g/mol. The van der Waals surface area contributed by atoms with E-state index in [1.165, 1.54) is 6.08 Å². The number of barbiturate groups is 1. The Balaban J connectivity index is 1.53. The fraction of sp³-hybridized carbons (Fsp3) is 0.0333. The van der Waals surface area contributed by atoms with Gasteiger partial charge in [0.15, 0.2) is 5.75 Å². The molecule has 4 aromatic rings. The lowest BCUT2D eigenvalue weighted by atomic mass is 10.0. The van der Waals surface area contributed by atoms with Crippen LogP contribution in [-0.4, -0.2) is 17.8 Å². The Kier molecular flexibility index (Phi) is 7.26. The highest BCUT2D eigenvalue weighted by molar-refractivity contribution is 6.46. The van der Waals surface area contributed by atoms with Crippen LogP contribution >= 0.6 is 23.2 Å². The first-order valence-corrected chi connectivity index (χ1v) is 12.4. The zero-order valence-corrected chi connectivity index (χ0v) is 21.4. The smallest absolute Gasteiger partial charge is 0.343 e. The van der Waals surface area contributed by atoms with E-state index in [0.29, 0.717) is 16.9 Å². The Bertz CT molecular complexity index is 1450. The standard InChI is InChI=1S/C30H20Cl2N2O4/c31-25-17-21(18-26(32)27(25)38-19-20-10-4-1-5-11-20)16-24-28(35)33(22-12-6-2-7-13-22)30(37)34(29(24)36)23-14-8-3-9-15-23/h1-18H,19H2. The van der Waals surface area contributed by atoms with Gasteiger partial charge in [0.2, 0.25) is 0 Å². The van der Waals surface area contributed by atoms with Crippen LogP contribution in [0.2, 0.25) is 10.0 Å². The molecule has 0 bridgehead atoms. The van der Waals surface area contributed by atoms with E-state index in [9.17, 15) is 14.4 Å². The number of nitrogens with zero attached hydrogens (tertiary/aromatic N) is 2. The molecule has 0 radical (unpaired) electrons.